The molecule has 0 saturated carbocycles. The van der Waals surface area contributed by atoms with Gasteiger partial charge in [0, 0.05) is 5.69 Å². The normalized spacial score (nSPS) is 10.4. The average Bonchev–Trinajstić information content (AvgIpc) is 3.06. The number of hydrogen-bond donors (Lipinski definition) is 3. The molecule has 2 amide bonds. The summed E-state index contributed by atoms with van der Waals surface area (Å²) in [5, 5.41) is 13.3. The molecule has 3 rings (SSSR count). The Hall–Kier alpha value is -3.59. The van der Waals surface area contributed by atoms with Crippen molar-refractivity contribution >= 4 is 40.6 Å². The zero-order chi connectivity index (χ0) is 20.8. The molecule has 1 heterocycles. The first-order valence-corrected chi connectivity index (χ1v) is 9.13. The number of ether oxygens (including phenoxy) is 1. The third-order valence-electron chi connectivity index (χ3n) is 3.85. The van der Waals surface area contributed by atoms with E-state index < -0.39 is 5.91 Å². The van der Waals surface area contributed by atoms with Gasteiger partial charge >= 0.3 is 0 Å². The van der Waals surface area contributed by atoms with Crippen molar-refractivity contribution in [3.8, 4) is 5.75 Å². The lowest BCUT2D eigenvalue weighted by atomic mass is 10.3. The predicted octanol–water partition coefficient (Wildman–Crippen LogP) is 2.80. The van der Waals surface area contributed by atoms with E-state index >= 15 is 0 Å². The molecule has 0 saturated heterocycles. The molecule has 9 nitrogen and oxygen atoms in total. The van der Waals surface area contributed by atoms with E-state index in [1.807, 2.05) is 6.92 Å². The van der Waals surface area contributed by atoms with Crippen LogP contribution in [0.15, 0.2) is 48.5 Å². The smallest absolute Gasteiger partial charge is 0.280 e. The van der Waals surface area contributed by atoms with Crippen molar-refractivity contribution in [1.82, 2.24) is 15.0 Å². The lowest BCUT2D eigenvalue weighted by Gasteiger charge is -2.08. The number of nitrogens with one attached hydrogen (secondary N) is 2. The van der Waals surface area contributed by atoms with Crippen molar-refractivity contribution in [3.63, 3.8) is 0 Å². The van der Waals surface area contributed by atoms with Crippen LogP contribution < -0.4 is 21.1 Å². The van der Waals surface area contributed by atoms with Crippen LogP contribution in [0, 0.1) is 0 Å². The molecule has 0 radical (unpaired) electrons. The first-order valence-electron chi connectivity index (χ1n) is 8.75. The van der Waals surface area contributed by atoms with E-state index in [2.05, 4.69) is 20.9 Å². The highest BCUT2D eigenvalue weighted by Crippen LogP contribution is 2.22. The van der Waals surface area contributed by atoms with E-state index in [4.69, 9.17) is 22.1 Å². The maximum absolute atomic E-state index is 12.4. The van der Waals surface area contributed by atoms with E-state index in [1.54, 1.807) is 48.5 Å². The molecule has 4 N–H and O–H groups in total. The lowest BCUT2D eigenvalue weighted by molar-refractivity contribution is -0.116. The third-order valence-corrected chi connectivity index (χ3v) is 4.18. The second-order valence-corrected chi connectivity index (χ2v) is 6.33. The number of rotatable bonds is 7. The van der Waals surface area contributed by atoms with Crippen LogP contribution in [0.1, 0.15) is 17.4 Å². The number of benzene rings is 2. The Balaban J connectivity index is 1.63. The predicted molar refractivity (Wildman–Crippen MR) is 110 cm³/mol. The first-order chi connectivity index (χ1) is 14.0. The summed E-state index contributed by atoms with van der Waals surface area (Å²) in [5.74, 6) is -0.269. The Bertz CT molecular complexity index is 1020. The number of carbonyl (C=O) groups is 2. The third kappa shape index (κ3) is 5.02. The Labute approximate surface area is 171 Å². The molecule has 10 heteroatoms. The van der Waals surface area contributed by atoms with Gasteiger partial charge < -0.3 is 21.1 Å². The van der Waals surface area contributed by atoms with Crippen LogP contribution in [0.25, 0.3) is 0 Å². The number of carbonyl (C=O) groups excluding carboxylic acids is 2. The molecular weight excluding hydrogens is 396 g/mol. The molecule has 1 aromatic heterocycles. The Morgan fingerprint density at radius 1 is 1.14 bits per heavy atom. The quantitative estimate of drug-likeness (QED) is 0.546. The van der Waals surface area contributed by atoms with Crippen molar-refractivity contribution in [3.05, 3.63) is 59.2 Å². The fourth-order valence-electron chi connectivity index (χ4n) is 2.48. The molecule has 29 heavy (non-hydrogen) atoms. The van der Waals surface area contributed by atoms with Crippen molar-refractivity contribution in [2.75, 3.05) is 23.0 Å². The fraction of sp³-hybridized carbons (Fsp3) is 0.158. The van der Waals surface area contributed by atoms with Gasteiger partial charge in [0.2, 0.25) is 5.91 Å². The average molecular weight is 415 g/mol. The van der Waals surface area contributed by atoms with Crippen molar-refractivity contribution < 1.29 is 14.3 Å². The zero-order valence-corrected chi connectivity index (χ0v) is 16.3. The molecule has 0 unspecified atom stereocenters. The Morgan fingerprint density at radius 2 is 1.86 bits per heavy atom. The molecular formula is C19H19ClN6O3. The van der Waals surface area contributed by atoms with Crippen molar-refractivity contribution in [1.29, 1.82) is 0 Å². The van der Waals surface area contributed by atoms with Crippen molar-refractivity contribution in [2.24, 2.45) is 0 Å². The summed E-state index contributed by atoms with van der Waals surface area (Å²) in [6.07, 6.45) is 0. The molecule has 0 atom stereocenters. The maximum atomic E-state index is 12.4. The van der Waals surface area contributed by atoms with Crippen LogP contribution in [-0.2, 0) is 11.3 Å². The largest absolute Gasteiger partial charge is 0.494 e. The second kappa shape index (κ2) is 9.07. The van der Waals surface area contributed by atoms with Gasteiger partial charge in [-0.25, -0.2) is 4.68 Å². The number of hydrogen-bond acceptors (Lipinski definition) is 6. The number of nitrogens with two attached hydrogens (primary N) is 1. The summed E-state index contributed by atoms with van der Waals surface area (Å²) in [4.78, 5) is 24.6. The molecule has 2 aromatic carbocycles. The van der Waals surface area contributed by atoms with Gasteiger partial charge in [-0.15, -0.1) is 5.10 Å². The number of anilines is 3. The van der Waals surface area contributed by atoms with E-state index in [9.17, 15) is 9.59 Å². The minimum atomic E-state index is -0.575. The minimum Gasteiger partial charge on any atom is -0.494 e. The summed E-state index contributed by atoms with van der Waals surface area (Å²) < 4.78 is 6.50. The second-order valence-electron chi connectivity index (χ2n) is 5.92. The van der Waals surface area contributed by atoms with E-state index in [1.165, 1.54) is 0 Å². The zero-order valence-electron chi connectivity index (χ0n) is 15.6. The van der Waals surface area contributed by atoms with Gasteiger partial charge in [-0.1, -0.05) is 28.9 Å². The van der Waals surface area contributed by atoms with E-state index in [0.29, 0.717) is 28.8 Å². The monoisotopic (exact) mass is 414 g/mol. The van der Waals surface area contributed by atoms with Gasteiger partial charge in [-0.05, 0) is 43.3 Å². The van der Waals surface area contributed by atoms with Gasteiger partial charge in [0.15, 0.2) is 11.5 Å². The highest BCUT2D eigenvalue weighted by Gasteiger charge is 2.19. The van der Waals surface area contributed by atoms with Crippen LogP contribution in [-0.4, -0.2) is 33.4 Å². The summed E-state index contributed by atoms with van der Waals surface area (Å²) in [5.41, 5.74) is 6.85. The van der Waals surface area contributed by atoms with Gasteiger partial charge in [0.1, 0.15) is 12.3 Å². The molecule has 3 aromatic rings. The standard InChI is InChI=1S/C19H19ClN6O3/c1-2-29-13-9-7-12(8-10-13)22-16(27)11-26-18(21)17(24-25-26)19(28)23-15-6-4-3-5-14(15)20/h3-10H,2,11,21H2,1H3,(H,22,27)(H,23,28). The number of nitrogens with zero attached hydrogens (tertiary/aromatic N) is 3. The topological polar surface area (TPSA) is 124 Å². The number of aromatic nitrogens is 3. The molecule has 150 valence electrons. The highest BCUT2D eigenvalue weighted by atomic mass is 35.5. The van der Waals surface area contributed by atoms with Gasteiger partial charge in [0.05, 0.1) is 17.3 Å². The Morgan fingerprint density at radius 3 is 2.55 bits per heavy atom. The van der Waals surface area contributed by atoms with Crippen LogP contribution >= 0.6 is 11.6 Å². The summed E-state index contributed by atoms with van der Waals surface area (Å²) in [6, 6.07) is 13.7. The van der Waals surface area contributed by atoms with E-state index in [-0.39, 0.29) is 24.0 Å². The van der Waals surface area contributed by atoms with Gasteiger partial charge in [-0.3, -0.25) is 9.59 Å². The maximum Gasteiger partial charge on any atom is 0.280 e. The number of halogens is 1. The minimum absolute atomic E-state index is 0.0311. The summed E-state index contributed by atoms with van der Waals surface area (Å²) >= 11 is 6.03. The Kier molecular flexibility index (Phi) is 6.30. The van der Waals surface area contributed by atoms with Gasteiger partial charge in [0.25, 0.3) is 5.91 Å². The molecule has 0 spiro atoms. The number of amides is 2. The first kappa shape index (κ1) is 20.2. The molecule has 0 aliphatic carbocycles. The summed E-state index contributed by atoms with van der Waals surface area (Å²) in [6.45, 7) is 2.25. The number of para-hydroxylation sites is 1. The van der Waals surface area contributed by atoms with Crippen LogP contribution in [0.4, 0.5) is 17.2 Å². The lowest BCUT2D eigenvalue weighted by Crippen LogP contribution is -2.21. The molecule has 0 fully saturated rings. The fourth-order valence-corrected chi connectivity index (χ4v) is 2.66. The highest BCUT2D eigenvalue weighted by molar-refractivity contribution is 6.33. The van der Waals surface area contributed by atoms with E-state index in [0.717, 1.165) is 4.68 Å². The van der Waals surface area contributed by atoms with Crippen molar-refractivity contribution in [2.45, 2.75) is 13.5 Å². The SMILES string of the molecule is CCOc1ccc(NC(=O)Cn2nnc(C(=O)Nc3ccccc3Cl)c2N)cc1. The molecule has 0 aliphatic heterocycles. The van der Waals surface area contributed by atoms with Crippen LogP contribution in [0.5, 0.6) is 5.75 Å². The molecule has 0 aliphatic rings. The van der Waals surface area contributed by atoms with Gasteiger partial charge in [-0.2, -0.15) is 0 Å². The van der Waals surface area contributed by atoms with Crippen LogP contribution in [0.3, 0.4) is 0 Å². The molecule has 0 bridgehead atoms. The van der Waals surface area contributed by atoms with Crippen LogP contribution in [0.2, 0.25) is 5.02 Å². The summed E-state index contributed by atoms with van der Waals surface area (Å²) in [7, 11) is 0. The number of nitrogen functional groups attached to an aromatic ring is 1.